The summed E-state index contributed by atoms with van der Waals surface area (Å²) in [5.41, 5.74) is 1.87. The van der Waals surface area contributed by atoms with E-state index in [2.05, 4.69) is 0 Å². The maximum atomic E-state index is 13.4. The van der Waals surface area contributed by atoms with Gasteiger partial charge in [0.15, 0.2) is 11.5 Å². The molecular weight excluding hydrogens is 548 g/mol. The van der Waals surface area contributed by atoms with Gasteiger partial charge in [0.2, 0.25) is 0 Å². The minimum absolute atomic E-state index is 0.0551. The first kappa shape index (κ1) is 30.7. The Morgan fingerprint density at radius 3 is 2.47 bits per heavy atom. The van der Waals surface area contributed by atoms with Crippen molar-refractivity contribution in [2.24, 2.45) is 5.92 Å². The number of benzene rings is 2. The maximum Gasteiger partial charge on any atom is 0.410 e. The lowest BCUT2D eigenvalue weighted by Gasteiger charge is -2.38. The Balaban J connectivity index is 1.22. The number of hydrogen-bond donors (Lipinski definition) is 1. The summed E-state index contributed by atoms with van der Waals surface area (Å²) < 4.78 is 24.5. The molecule has 1 fully saturated rings. The van der Waals surface area contributed by atoms with Crippen molar-refractivity contribution in [3.63, 3.8) is 0 Å². The lowest BCUT2D eigenvalue weighted by Crippen LogP contribution is -2.44. The average molecular weight is 593 g/mol. The molecule has 3 aromatic rings. The smallest absolute Gasteiger partial charge is 0.410 e. The molecule has 2 aromatic carbocycles. The van der Waals surface area contributed by atoms with E-state index in [1.54, 1.807) is 23.8 Å². The number of carbonyl (C=O) groups excluding carboxylic acids is 1. The Morgan fingerprint density at radius 2 is 1.77 bits per heavy atom. The lowest BCUT2D eigenvalue weighted by atomic mass is 9.82. The normalized spacial score (nSPS) is 18.3. The van der Waals surface area contributed by atoms with Gasteiger partial charge < -0.3 is 33.5 Å². The van der Waals surface area contributed by atoms with Crippen LogP contribution in [0.4, 0.5) is 4.79 Å². The third-order valence-electron chi connectivity index (χ3n) is 8.41. The number of aliphatic hydroxyl groups excluding tert-OH is 1. The van der Waals surface area contributed by atoms with E-state index in [1.165, 1.54) is 0 Å². The number of aromatic nitrogens is 1. The molecule has 1 aliphatic heterocycles. The van der Waals surface area contributed by atoms with Crippen LogP contribution in [-0.2, 0) is 24.4 Å². The Labute approximate surface area is 253 Å². The summed E-state index contributed by atoms with van der Waals surface area (Å²) in [4.78, 5) is 28.1. The molecule has 1 amide bonds. The quantitative estimate of drug-likeness (QED) is 0.323. The van der Waals surface area contributed by atoms with Gasteiger partial charge >= 0.3 is 6.09 Å². The number of fused-ring (bicyclic) bond motifs is 2. The predicted molar refractivity (Wildman–Crippen MR) is 165 cm³/mol. The van der Waals surface area contributed by atoms with Gasteiger partial charge in [-0.3, -0.25) is 4.79 Å². The van der Waals surface area contributed by atoms with Crippen LogP contribution in [0.3, 0.4) is 0 Å². The van der Waals surface area contributed by atoms with Crippen molar-refractivity contribution in [2.45, 2.75) is 90.6 Å². The van der Waals surface area contributed by atoms with Crippen LogP contribution in [-0.4, -0.2) is 52.6 Å². The topological polar surface area (TPSA) is 99.5 Å². The first-order valence-corrected chi connectivity index (χ1v) is 15.3. The zero-order valence-electron chi connectivity index (χ0n) is 25.8. The Bertz CT molecular complexity index is 1480. The molecule has 1 aliphatic carbocycles. The Morgan fingerprint density at radius 1 is 1.02 bits per heavy atom. The Hall–Kier alpha value is -3.72. The predicted octanol–water partition coefficient (Wildman–Crippen LogP) is 6.05. The fourth-order valence-electron chi connectivity index (χ4n) is 6.26. The molecule has 1 aromatic heterocycles. The molecule has 2 heterocycles. The van der Waals surface area contributed by atoms with Gasteiger partial charge in [0.25, 0.3) is 5.56 Å². The van der Waals surface area contributed by atoms with Crippen LogP contribution in [0.2, 0.25) is 0 Å². The standard InChI is InChI=1S/C34H44N2O7/c1-34(2,3)43-33(39)36(21-24-9-13-30-31(18-24)42-17-16-41-30)26-10-7-23(8-11-26)6-5-15-35-29-20-27(40-4)19-25(22-37)28(29)12-14-32(35)38/h9,12-14,18-20,23,26,37H,5-8,10-11,15-17,21-22H2,1-4H3. The second-order valence-electron chi connectivity index (χ2n) is 12.6. The molecule has 0 unspecified atom stereocenters. The third-order valence-corrected chi connectivity index (χ3v) is 8.41. The van der Waals surface area contributed by atoms with Crippen molar-refractivity contribution >= 4 is 17.0 Å². The fourth-order valence-corrected chi connectivity index (χ4v) is 6.26. The summed E-state index contributed by atoms with van der Waals surface area (Å²) in [5.74, 6) is 2.60. The maximum absolute atomic E-state index is 13.4. The Kier molecular flexibility index (Phi) is 9.49. The van der Waals surface area contributed by atoms with Gasteiger partial charge in [0.1, 0.15) is 24.6 Å². The summed E-state index contributed by atoms with van der Waals surface area (Å²) in [5, 5.41) is 10.7. The van der Waals surface area contributed by atoms with E-state index in [9.17, 15) is 14.7 Å². The van der Waals surface area contributed by atoms with Crippen LogP contribution in [0.25, 0.3) is 10.9 Å². The van der Waals surface area contributed by atoms with Gasteiger partial charge in [-0.25, -0.2) is 4.79 Å². The van der Waals surface area contributed by atoms with Gasteiger partial charge in [-0.15, -0.1) is 0 Å². The van der Waals surface area contributed by atoms with Gasteiger partial charge in [-0.1, -0.05) is 6.07 Å². The molecular formula is C34H44N2O7. The molecule has 43 heavy (non-hydrogen) atoms. The second-order valence-corrected chi connectivity index (χ2v) is 12.6. The first-order valence-electron chi connectivity index (χ1n) is 15.3. The highest BCUT2D eigenvalue weighted by Gasteiger charge is 2.32. The molecule has 0 spiro atoms. The number of hydrogen-bond acceptors (Lipinski definition) is 7. The van der Waals surface area contributed by atoms with Crippen LogP contribution in [0.5, 0.6) is 17.2 Å². The van der Waals surface area contributed by atoms with Crippen molar-refractivity contribution in [1.29, 1.82) is 0 Å². The molecule has 0 bridgehead atoms. The van der Waals surface area contributed by atoms with E-state index in [0.717, 1.165) is 66.3 Å². The molecule has 9 heteroatoms. The van der Waals surface area contributed by atoms with E-state index in [-0.39, 0.29) is 24.3 Å². The zero-order chi connectivity index (χ0) is 30.6. The van der Waals surface area contributed by atoms with E-state index < -0.39 is 5.60 Å². The van der Waals surface area contributed by atoms with Gasteiger partial charge in [-0.05, 0) is 101 Å². The molecule has 0 saturated heterocycles. The van der Waals surface area contributed by atoms with Crippen molar-refractivity contribution in [1.82, 2.24) is 9.47 Å². The van der Waals surface area contributed by atoms with E-state index in [0.29, 0.717) is 43.7 Å². The first-order chi connectivity index (χ1) is 20.6. The number of amides is 1. The van der Waals surface area contributed by atoms with Gasteiger partial charge in [0.05, 0.1) is 19.2 Å². The van der Waals surface area contributed by atoms with Crippen molar-refractivity contribution in [3.05, 3.63) is 63.9 Å². The van der Waals surface area contributed by atoms with Crippen LogP contribution >= 0.6 is 0 Å². The highest BCUT2D eigenvalue weighted by atomic mass is 16.6. The summed E-state index contributed by atoms with van der Waals surface area (Å²) >= 11 is 0. The fraction of sp³-hybridized carbons (Fsp3) is 0.529. The van der Waals surface area contributed by atoms with Crippen LogP contribution in [0.1, 0.15) is 70.4 Å². The highest BCUT2D eigenvalue weighted by molar-refractivity contribution is 5.84. The molecule has 232 valence electrons. The van der Waals surface area contributed by atoms with Crippen LogP contribution < -0.4 is 19.8 Å². The molecule has 1 N–H and O–H groups in total. The summed E-state index contributed by atoms with van der Waals surface area (Å²) in [6.07, 6.45) is 5.41. The molecule has 1 saturated carbocycles. The monoisotopic (exact) mass is 592 g/mol. The highest BCUT2D eigenvalue weighted by Crippen LogP contribution is 2.35. The average Bonchev–Trinajstić information content (AvgIpc) is 2.99. The summed E-state index contributed by atoms with van der Waals surface area (Å²) in [6, 6.07) is 13.0. The van der Waals surface area contributed by atoms with Gasteiger partial charge in [-0.2, -0.15) is 0 Å². The van der Waals surface area contributed by atoms with Crippen molar-refractivity contribution < 1.29 is 28.8 Å². The summed E-state index contributed by atoms with van der Waals surface area (Å²) in [6.45, 7) is 7.67. The van der Waals surface area contributed by atoms with Crippen LogP contribution in [0, 0.1) is 5.92 Å². The minimum atomic E-state index is -0.582. The minimum Gasteiger partial charge on any atom is -0.497 e. The molecule has 5 rings (SSSR count). The summed E-state index contributed by atoms with van der Waals surface area (Å²) in [7, 11) is 1.59. The molecule has 0 radical (unpaired) electrons. The molecule has 0 atom stereocenters. The number of nitrogens with zero attached hydrogens (tertiary/aromatic N) is 2. The van der Waals surface area contributed by atoms with E-state index >= 15 is 0 Å². The van der Waals surface area contributed by atoms with E-state index in [1.807, 2.05) is 56.0 Å². The molecule has 2 aliphatic rings. The molecule has 9 nitrogen and oxygen atoms in total. The number of aryl methyl sites for hydroxylation is 1. The van der Waals surface area contributed by atoms with Crippen LogP contribution in [0.15, 0.2) is 47.3 Å². The lowest BCUT2D eigenvalue weighted by molar-refractivity contribution is 0.00772. The number of carbonyl (C=O) groups is 1. The van der Waals surface area contributed by atoms with E-state index in [4.69, 9.17) is 18.9 Å². The number of ether oxygens (including phenoxy) is 4. The zero-order valence-corrected chi connectivity index (χ0v) is 25.8. The number of methoxy groups -OCH3 is 1. The number of aliphatic hydroxyl groups is 1. The van der Waals surface area contributed by atoms with Crippen molar-refractivity contribution in [2.75, 3.05) is 20.3 Å². The SMILES string of the molecule is COc1cc(CO)c2ccc(=O)n(CCCC3CCC(N(Cc4ccc5c(c4)OCCO5)C(=O)OC(C)(C)C)CC3)c2c1. The largest absolute Gasteiger partial charge is 0.497 e. The number of rotatable bonds is 9. The third kappa shape index (κ3) is 7.44. The second kappa shape index (κ2) is 13.3. The van der Waals surface area contributed by atoms with Gasteiger partial charge in [0, 0.05) is 36.7 Å². The number of pyridine rings is 1. The van der Waals surface area contributed by atoms with Crippen molar-refractivity contribution in [3.8, 4) is 17.2 Å².